The molecule has 1 saturated heterocycles. The number of amides is 8. The maximum absolute atomic E-state index is 14.1. The molecule has 17 nitrogen and oxygen atoms in total. The highest BCUT2D eigenvalue weighted by Crippen LogP contribution is 2.13. The molecule has 1 fully saturated rings. The number of hydrogen-bond acceptors (Lipinski definition) is 9. The normalized spacial score (nSPS) is 26.4. The molecule has 0 aromatic heterocycles. The lowest BCUT2D eigenvalue weighted by molar-refractivity contribution is -0.138. The van der Waals surface area contributed by atoms with Gasteiger partial charge in [-0.1, -0.05) is 99.6 Å². The topological polar surface area (TPSA) is 259 Å². The monoisotopic (exact) mass is 842 g/mol. The Labute approximate surface area is 355 Å². The number of rotatable bonds is 11. The molecule has 8 atom stereocenters. The van der Waals surface area contributed by atoms with Crippen molar-refractivity contribution in [2.75, 3.05) is 6.54 Å². The van der Waals surface area contributed by atoms with Gasteiger partial charge < -0.3 is 48.3 Å². The summed E-state index contributed by atoms with van der Waals surface area (Å²) in [7, 11) is 0. The summed E-state index contributed by atoms with van der Waals surface area (Å²) in [5.41, 5.74) is 6.45. The van der Waals surface area contributed by atoms with Crippen LogP contribution in [0.2, 0.25) is 0 Å². The lowest BCUT2D eigenvalue weighted by atomic mass is 9.97. The van der Waals surface area contributed by atoms with Crippen LogP contribution in [0, 0.1) is 29.6 Å². The molecule has 0 radical (unpaired) electrons. The second-order valence-corrected chi connectivity index (χ2v) is 17.5. The van der Waals surface area contributed by atoms with Gasteiger partial charge in [-0.3, -0.25) is 38.4 Å². The predicted molar refractivity (Wildman–Crippen MR) is 228 cm³/mol. The van der Waals surface area contributed by atoms with Gasteiger partial charge in [0, 0.05) is 6.42 Å². The van der Waals surface area contributed by atoms with Crippen molar-refractivity contribution in [1.29, 1.82) is 0 Å². The summed E-state index contributed by atoms with van der Waals surface area (Å²) in [4.78, 5) is 111. The van der Waals surface area contributed by atoms with Gasteiger partial charge in [0.25, 0.3) is 0 Å². The number of unbranched alkanes of at least 4 members (excludes halogenated alkanes) is 1. The Morgan fingerprint density at radius 2 is 0.767 bits per heavy atom. The second-order valence-electron chi connectivity index (χ2n) is 17.5. The predicted octanol–water partition coefficient (Wildman–Crippen LogP) is 0.550. The van der Waals surface area contributed by atoms with Crippen molar-refractivity contribution >= 4 is 47.3 Å². The molecule has 336 valence electrons. The fourth-order valence-corrected chi connectivity index (χ4v) is 6.66. The summed E-state index contributed by atoms with van der Waals surface area (Å²) in [5.74, 6) is -7.59. The third-order valence-corrected chi connectivity index (χ3v) is 10.5. The van der Waals surface area contributed by atoms with Crippen molar-refractivity contribution in [1.82, 2.24) is 42.5 Å². The molecule has 0 spiro atoms. The zero-order valence-corrected chi connectivity index (χ0v) is 37.3. The first-order valence-electron chi connectivity index (χ1n) is 21.3. The Hall–Kier alpha value is -5.06. The van der Waals surface area contributed by atoms with Gasteiger partial charge in [0.1, 0.15) is 48.3 Å². The third-order valence-electron chi connectivity index (χ3n) is 10.5. The van der Waals surface area contributed by atoms with Gasteiger partial charge in [0.15, 0.2) is 0 Å². The van der Waals surface area contributed by atoms with Crippen LogP contribution in [0.4, 0.5) is 0 Å². The van der Waals surface area contributed by atoms with Crippen LogP contribution in [-0.2, 0) is 44.8 Å². The molecule has 0 aliphatic carbocycles. The summed E-state index contributed by atoms with van der Waals surface area (Å²) in [6, 6.07) is -0.196. The highest BCUT2D eigenvalue weighted by molar-refractivity contribution is 5.99. The van der Waals surface area contributed by atoms with Crippen LogP contribution in [0.3, 0.4) is 0 Å². The van der Waals surface area contributed by atoms with Crippen LogP contribution in [-0.4, -0.2) is 102 Å². The first kappa shape index (κ1) is 51.1. The lowest BCUT2D eigenvalue weighted by Crippen LogP contribution is -2.63. The van der Waals surface area contributed by atoms with E-state index in [0.717, 1.165) is 0 Å². The van der Waals surface area contributed by atoms with Crippen LogP contribution < -0.4 is 48.3 Å². The third kappa shape index (κ3) is 15.5. The van der Waals surface area contributed by atoms with E-state index in [1.54, 1.807) is 93.5 Å². The highest BCUT2D eigenvalue weighted by Gasteiger charge is 2.37. The summed E-state index contributed by atoms with van der Waals surface area (Å²) < 4.78 is 0. The second kappa shape index (κ2) is 24.3. The molecular weight excluding hydrogens is 771 g/mol. The number of hydrogen-bond donors (Lipinski definition) is 9. The summed E-state index contributed by atoms with van der Waals surface area (Å²) in [5, 5.41) is 21.9. The fourth-order valence-electron chi connectivity index (χ4n) is 6.66. The Balaban J connectivity index is 2.70. The van der Waals surface area contributed by atoms with Gasteiger partial charge in [0.05, 0.1) is 0 Å². The van der Waals surface area contributed by atoms with Crippen LogP contribution in [0.15, 0.2) is 30.3 Å². The Kier molecular flexibility index (Phi) is 20.7. The average Bonchev–Trinajstić information content (AvgIpc) is 3.17. The molecular formula is C43H71N9O8. The maximum atomic E-state index is 14.1. The molecule has 1 aliphatic rings. The summed E-state index contributed by atoms with van der Waals surface area (Å²) >= 11 is 0. The minimum absolute atomic E-state index is 0.0400. The fraction of sp³-hybridized carbons (Fsp3) is 0.674. The summed E-state index contributed by atoms with van der Waals surface area (Å²) in [6.45, 7) is 19.0. The molecule has 1 aliphatic heterocycles. The van der Waals surface area contributed by atoms with E-state index >= 15 is 0 Å². The SMILES string of the molecule is CC(C)[C@@H]1NC(=O)[C@H](CCCCN)NC(=O)[C@@H](C(C)C)NC(=O)[C@H](C(C)C)NC(=O)[C@@H](C)NC(=O)[C@H](C(C)C)NC(=O)[C@@H](C(C)C)NC(=O)[C@@H](Cc2ccccc2)NC1=O. The van der Waals surface area contributed by atoms with E-state index in [1.165, 1.54) is 6.92 Å². The van der Waals surface area contributed by atoms with E-state index in [9.17, 15) is 38.4 Å². The maximum Gasteiger partial charge on any atom is 0.243 e. The molecule has 0 unspecified atom stereocenters. The Morgan fingerprint density at radius 1 is 0.433 bits per heavy atom. The van der Waals surface area contributed by atoms with Gasteiger partial charge in [0.2, 0.25) is 47.3 Å². The van der Waals surface area contributed by atoms with Gasteiger partial charge in [-0.05, 0) is 67.9 Å². The highest BCUT2D eigenvalue weighted by atomic mass is 16.2. The van der Waals surface area contributed by atoms with Crippen LogP contribution in [0.5, 0.6) is 0 Å². The number of carbonyl (C=O) groups excluding carboxylic acids is 8. The molecule has 1 heterocycles. The van der Waals surface area contributed by atoms with E-state index in [0.29, 0.717) is 24.9 Å². The molecule has 10 N–H and O–H groups in total. The van der Waals surface area contributed by atoms with Crippen LogP contribution in [0.1, 0.15) is 101 Å². The molecule has 1 aromatic rings. The molecule has 0 bridgehead atoms. The van der Waals surface area contributed by atoms with E-state index in [-0.39, 0.29) is 12.8 Å². The number of nitrogens with two attached hydrogens (primary N) is 1. The number of carbonyl (C=O) groups is 8. The van der Waals surface area contributed by atoms with Crippen LogP contribution in [0.25, 0.3) is 0 Å². The van der Waals surface area contributed by atoms with Crippen molar-refractivity contribution in [3.8, 4) is 0 Å². The zero-order valence-electron chi connectivity index (χ0n) is 37.3. The molecule has 8 amide bonds. The van der Waals surface area contributed by atoms with E-state index in [1.807, 2.05) is 6.07 Å². The Bertz CT molecular complexity index is 1630. The lowest BCUT2D eigenvalue weighted by Gasteiger charge is -2.31. The van der Waals surface area contributed by atoms with E-state index in [4.69, 9.17) is 5.73 Å². The quantitative estimate of drug-likeness (QED) is 0.141. The van der Waals surface area contributed by atoms with Gasteiger partial charge in [-0.15, -0.1) is 0 Å². The van der Waals surface area contributed by atoms with Crippen molar-refractivity contribution in [3.63, 3.8) is 0 Å². The molecule has 17 heteroatoms. The van der Waals surface area contributed by atoms with E-state index in [2.05, 4.69) is 42.5 Å². The van der Waals surface area contributed by atoms with Crippen molar-refractivity contribution < 1.29 is 38.4 Å². The molecule has 2 rings (SSSR count). The van der Waals surface area contributed by atoms with Crippen molar-refractivity contribution in [3.05, 3.63) is 35.9 Å². The van der Waals surface area contributed by atoms with Gasteiger partial charge in [-0.25, -0.2) is 0 Å². The minimum Gasteiger partial charge on any atom is -0.343 e. The zero-order chi connectivity index (χ0) is 45.4. The first-order valence-corrected chi connectivity index (χ1v) is 21.3. The minimum atomic E-state index is -1.20. The van der Waals surface area contributed by atoms with Crippen molar-refractivity contribution in [2.24, 2.45) is 35.3 Å². The largest absolute Gasteiger partial charge is 0.343 e. The average molecular weight is 842 g/mol. The molecule has 1 aromatic carbocycles. The standard InChI is InChI=1S/C43H71N9O8/c1-22(2)31-39(56)45-27(11)36(53)48-34(25(7)8)42(59)52-33(24(5)6)40(57)46-29(19-15-16-20-44)37(54)49-32(23(3)4)41(58)47-30(21-28-17-13-12-14-18-28)38(55)50-35(26(9)10)43(60)51-31/h12-14,17-18,22-27,29-35H,15-16,19-21,44H2,1-11H3,(H,45,56)(H,46,57)(H,47,58)(H,48,53)(H,49,54)(H,50,55)(H,51,60)(H,52,59)/t27-,29+,30-,31+,32+,33-,34+,35-/m1/s1. The van der Waals surface area contributed by atoms with Crippen LogP contribution >= 0.6 is 0 Å². The number of nitrogens with one attached hydrogen (secondary N) is 8. The summed E-state index contributed by atoms with van der Waals surface area (Å²) in [6.07, 6.45) is 1.22. The Morgan fingerprint density at radius 3 is 1.17 bits per heavy atom. The van der Waals surface area contributed by atoms with Gasteiger partial charge in [-0.2, -0.15) is 0 Å². The van der Waals surface area contributed by atoms with Gasteiger partial charge >= 0.3 is 0 Å². The van der Waals surface area contributed by atoms with E-state index < -0.39 is 125 Å². The molecule has 60 heavy (non-hydrogen) atoms. The smallest absolute Gasteiger partial charge is 0.243 e. The number of benzene rings is 1. The molecule has 0 saturated carbocycles. The first-order chi connectivity index (χ1) is 28.1. The van der Waals surface area contributed by atoms with Crippen molar-refractivity contribution in [2.45, 2.75) is 150 Å².